The summed E-state index contributed by atoms with van der Waals surface area (Å²) in [5, 5.41) is 0.839. The summed E-state index contributed by atoms with van der Waals surface area (Å²) in [4.78, 5) is 2.38. The van der Waals surface area contributed by atoms with Crippen molar-refractivity contribution in [3.05, 3.63) is 34.3 Å². The zero-order valence-electron chi connectivity index (χ0n) is 9.91. The fourth-order valence-electron chi connectivity index (χ4n) is 2.38. The van der Waals surface area contributed by atoms with Gasteiger partial charge in [-0.1, -0.05) is 23.7 Å². The summed E-state index contributed by atoms with van der Waals surface area (Å²) in [6.07, 6.45) is 2.14. The van der Waals surface area contributed by atoms with Crippen molar-refractivity contribution in [1.29, 1.82) is 0 Å². The summed E-state index contributed by atoms with van der Waals surface area (Å²) in [7, 11) is 2.17. The Hall–Kier alpha value is -0.570. The van der Waals surface area contributed by atoms with Crippen LogP contribution in [0.15, 0.2) is 18.2 Å². The minimum atomic E-state index is 0.331. The minimum Gasteiger partial charge on any atom is -0.328 e. The fourth-order valence-corrected chi connectivity index (χ4v) is 2.49. The molecule has 1 fully saturated rings. The molecule has 1 aliphatic heterocycles. The van der Waals surface area contributed by atoms with E-state index in [0.717, 1.165) is 30.0 Å². The van der Waals surface area contributed by atoms with Crippen LogP contribution in [0.25, 0.3) is 0 Å². The number of nitrogens with zero attached hydrogens (tertiary/aromatic N) is 1. The Morgan fingerprint density at radius 2 is 2.19 bits per heavy atom. The predicted molar refractivity (Wildman–Crippen MR) is 68.8 cm³/mol. The molecule has 2 unspecified atom stereocenters. The number of nitrogens with two attached hydrogens (primary N) is 1. The molecule has 0 spiro atoms. The Kier molecular flexibility index (Phi) is 3.53. The van der Waals surface area contributed by atoms with E-state index in [1.54, 1.807) is 0 Å². The van der Waals surface area contributed by atoms with Gasteiger partial charge in [0.1, 0.15) is 0 Å². The highest BCUT2D eigenvalue weighted by atomic mass is 35.5. The summed E-state index contributed by atoms with van der Waals surface area (Å²) >= 11 is 6.05. The van der Waals surface area contributed by atoms with E-state index in [-0.39, 0.29) is 0 Å². The van der Waals surface area contributed by atoms with Crippen LogP contribution in [0.3, 0.4) is 0 Å². The SMILES string of the molecule is Cc1cc(C2CC(N)CCN2C)ccc1Cl. The van der Waals surface area contributed by atoms with Gasteiger partial charge in [0, 0.05) is 17.1 Å². The van der Waals surface area contributed by atoms with Crippen LogP contribution in [0.4, 0.5) is 0 Å². The van der Waals surface area contributed by atoms with Gasteiger partial charge in [0.05, 0.1) is 0 Å². The van der Waals surface area contributed by atoms with Crippen LogP contribution in [0.5, 0.6) is 0 Å². The van der Waals surface area contributed by atoms with E-state index in [1.807, 2.05) is 6.07 Å². The maximum atomic E-state index is 6.05. The molecular formula is C13H19ClN2. The highest BCUT2D eigenvalue weighted by molar-refractivity contribution is 6.31. The van der Waals surface area contributed by atoms with Crippen molar-refractivity contribution in [1.82, 2.24) is 4.90 Å². The van der Waals surface area contributed by atoms with Crippen molar-refractivity contribution in [2.24, 2.45) is 5.73 Å². The summed E-state index contributed by atoms with van der Waals surface area (Å²) < 4.78 is 0. The topological polar surface area (TPSA) is 29.3 Å². The van der Waals surface area contributed by atoms with Gasteiger partial charge in [0.15, 0.2) is 0 Å². The Morgan fingerprint density at radius 1 is 1.44 bits per heavy atom. The molecule has 0 aliphatic carbocycles. The molecule has 0 bridgehead atoms. The normalized spacial score (nSPS) is 27.0. The van der Waals surface area contributed by atoms with Gasteiger partial charge >= 0.3 is 0 Å². The first-order valence-electron chi connectivity index (χ1n) is 5.80. The second-order valence-electron chi connectivity index (χ2n) is 4.79. The third kappa shape index (κ3) is 2.40. The van der Waals surface area contributed by atoms with Gasteiger partial charge in [-0.2, -0.15) is 0 Å². The van der Waals surface area contributed by atoms with Gasteiger partial charge in [0.25, 0.3) is 0 Å². The molecule has 1 aromatic carbocycles. The number of likely N-dealkylation sites (tertiary alicyclic amines) is 1. The number of halogens is 1. The van der Waals surface area contributed by atoms with Crippen molar-refractivity contribution in [3.8, 4) is 0 Å². The van der Waals surface area contributed by atoms with Gasteiger partial charge in [-0.05, 0) is 50.6 Å². The largest absolute Gasteiger partial charge is 0.328 e. The van der Waals surface area contributed by atoms with E-state index >= 15 is 0 Å². The van der Waals surface area contributed by atoms with Crippen LogP contribution in [-0.2, 0) is 0 Å². The second kappa shape index (κ2) is 4.74. The van der Waals surface area contributed by atoms with Gasteiger partial charge in [-0.15, -0.1) is 0 Å². The number of rotatable bonds is 1. The van der Waals surface area contributed by atoms with Crippen LogP contribution < -0.4 is 5.73 Å². The summed E-state index contributed by atoms with van der Waals surface area (Å²) in [6, 6.07) is 7.06. The molecule has 1 aromatic rings. The standard InChI is InChI=1S/C13H19ClN2/c1-9-7-10(3-4-12(9)14)13-8-11(15)5-6-16(13)2/h3-4,7,11,13H,5-6,8,15H2,1-2H3. The van der Waals surface area contributed by atoms with Crippen LogP contribution in [0.2, 0.25) is 5.02 Å². The van der Waals surface area contributed by atoms with Crippen molar-refractivity contribution in [3.63, 3.8) is 0 Å². The van der Waals surface area contributed by atoms with Crippen molar-refractivity contribution >= 4 is 11.6 Å². The van der Waals surface area contributed by atoms with Gasteiger partial charge in [-0.3, -0.25) is 4.90 Å². The summed E-state index contributed by atoms with van der Waals surface area (Å²) in [6.45, 7) is 3.13. The summed E-state index contributed by atoms with van der Waals surface area (Å²) in [5.74, 6) is 0. The first kappa shape index (κ1) is 11.9. The lowest BCUT2D eigenvalue weighted by Crippen LogP contribution is -2.39. The van der Waals surface area contributed by atoms with Crippen LogP contribution in [0, 0.1) is 6.92 Å². The average Bonchev–Trinajstić information content (AvgIpc) is 2.26. The monoisotopic (exact) mass is 238 g/mol. The molecule has 0 saturated carbocycles. The molecule has 0 aromatic heterocycles. The number of benzene rings is 1. The molecule has 16 heavy (non-hydrogen) atoms. The van der Waals surface area contributed by atoms with Gasteiger partial charge in [-0.25, -0.2) is 0 Å². The van der Waals surface area contributed by atoms with Gasteiger partial charge in [0.2, 0.25) is 0 Å². The van der Waals surface area contributed by atoms with E-state index in [0.29, 0.717) is 12.1 Å². The molecule has 0 amide bonds. The highest BCUT2D eigenvalue weighted by Gasteiger charge is 2.25. The summed E-state index contributed by atoms with van der Waals surface area (Å²) in [5.41, 5.74) is 8.52. The molecular weight excluding hydrogens is 220 g/mol. The first-order valence-corrected chi connectivity index (χ1v) is 6.17. The van der Waals surface area contributed by atoms with Crippen molar-refractivity contribution in [2.45, 2.75) is 31.8 Å². The lowest BCUT2D eigenvalue weighted by molar-refractivity contribution is 0.171. The molecule has 1 saturated heterocycles. The number of piperidine rings is 1. The molecule has 1 heterocycles. The van der Waals surface area contributed by atoms with E-state index in [4.69, 9.17) is 17.3 Å². The molecule has 3 heteroatoms. The smallest absolute Gasteiger partial charge is 0.0435 e. The Bertz CT molecular complexity index is 378. The number of hydrogen-bond donors (Lipinski definition) is 1. The van der Waals surface area contributed by atoms with Crippen LogP contribution in [-0.4, -0.2) is 24.5 Å². The van der Waals surface area contributed by atoms with Crippen LogP contribution in [0.1, 0.15) is 30.0 Å². The zero-order chi connectivity index (χ0) is 11.7. The van der Waals surface area contributed by atoms with E-state index in [2.05, 4.69) is 31.0 Å². The molecule has 2 nitrogen and oxygen atoms in total. The third-order valence-corrected chi connectivity index (χ3v) is 3.90. The molecule has 88 valence electrons. The first-order chi connectivity index (χ1) is 7.58. The van der Waals surface area contributed by atoms with Crippen molar-refractivity contribution in [2.75, 3.05) is 13.6 Å². The maximum absolute atomic E-state index is 6.05. The van der Waals surface area contributed by atoms with E-state index in [9.17, 15) is 0 Å². The average molecular weight is 239 g/mol. The fraction of sp³-hybridized carbons (Fsp3) is 0.538. The molecule has 0 radical (unpaired) electrons. The number of hydrogen-bond acceptors (Lipinski definition) is 2. The Labute approximate surface area is 102 Å². The van der Waals surface area contributed by atoms with Gasteiger partial charge < -0.3 is 5.73 Å². The minimum absolute atomic E-state index is 0.331. The molecule has 2 rings (SSSR count). The molecule has 1 aliphatic rings. The highest BCUT2D eigenvalue weighted by Crippen LogP contribution is 2.30. The number of aryl methyl sites for hydroxylation is 1. The van der Waals surface area contributed by atoms with E-state index in [1.165, 1.54) is 5.56 Å². The lowest BCUT2D eigenvalue weighted by atomic mass is 9.92. The Morgan fingerprint density at radius 3 is 2.88 bits per heavy atom. The third-order valence-electron chi connectivity index (χ3n) is 3.48. The van der Waals surface area contributed by atoms with E-state index < -0.39 is 0 Å². The lowest BCUT2D eigenvalue weighted by Gasteiger charge is -2.36. The molecule has 2 atom stereocenters. The zero-order valence-corrected chi connectivity index (χ0v) is 10.7. The van der Waals surface area contributed by atoms with Crippen molar-refractivity contribution < 1.29 is 0 Å². The quantitative estimate of drug-likeness (QED) is 0.815. The van der Waals surface area contributed by atoms with Crippen LogP contribution >= 0.6 is 11.6 Å². The maximum Gasteiger partial charge on any atom is 0.0435 e. The molecule has 2 N–H and O–H groups in total. The second-order valence-corrected chi connectivity index (χ2v) is 5.20. The predicted octanol–water partition coefficient (Wildman–Crippen LogP) is 2.74. The Balaban J connectivity index is 2.24.